The van der Waals surface area contributed by atoms with E-state index >= 15 is 0 Å². The fraction of sp³-hybridized carbons (Fsp3) is 0. The lowest BCUT2D eigenvalue weighted by Gasteiger charge is -2.09. The highest BCUT2D eigenvalue weighted by Gasteiger charge is 2.21. The molecule has 7 nitrogen and oxygen atoms in total. The molecule has 21 heavy (non-hydrogen) atoms. The molecule has 0 amide bonds. The third-order valence-electron chi connectivity index (χ3n) is 2.50. The van der Waals surface area contributed by atoms with Crippen molar-refractivity contribution < 1.29 is 14.8 Å². The van der Waals surface area contributed by atoms with Gasteiger partial charge in [0.25, 0.3) is 0 Å². The number of carboxylic acids is 1. The molecular weight excluding hydrogens is 410 g/mol. The monoisotopic (exact) mass is 415 g/mol. The molecule has 1 heterocycles. The van der Waals surface area contributed by atoms with Gasteiger partial charge in [-0.25, -0.2) is 9.78 Å². The van der Waals surface area contributed by atoms with Crippen molar-refractivity contribution >= 4 is 55.0 Å². The summed E-state index contributed by atoms with van der Waals surface area (Å²) in [6.45, 7) is 0. The predicted molar refractivity (Wildman–Crippen MR) is 83.0 cm³/mol. The number of anilines is 2. The Morgan fingerprint density at radius 2 is 2.05 bits per heavy atom. The molecule has 0 saturated carbocycles. The van der Waals surface area contributed by atoms with E-state index in [1.807, 2.05) is 6.07 Å². The fourth-order valence-corrected chi connectivity index (χ4v) is 2.27. The van der Waals surface area contributed by atoms with Crippen molar-refractivity contribution in [3.05, 3.63) is 55.1 Å². The fourth-order valence-electron chi connectivity index (χ4n) is 1.56. The summed E-state index contributed by atoms with van der Waals surface area (Å²) >= 11 is 6.65. The van der Waals surface area contributed by atoms with Crippen LogP contribution in [0.1, 0.15) is 10.4 Å². The Morgan fingerprint density at radius 1 is 1.33 bits per heavy atom. The predicted octanol–water partition coefficient (Wildman–Crippen LogP) is 3.96. The molecule has 0 unspecified atom stereocenters. The number of carboxylic acid groups (broad SMARTS) is 1. The molecule has 1 aromatic carbocycles. The van der Waals surface area contributed by atoms with Crippen molar-refractivity contribution in [2.45, 2.75) is 0 Å². The standard InChI is InChI=1S/C12H7Br2N3O4/c13-6-1-2-8(14)9(3-6)16-11-4-7(12(18)19)10(5-15-11)17(20)21/h1-5H,(H,15,16)(H,18,19). The maximum Gasteiger partial charge on any atom is 0.342 e. The molecule has 2 N–H and O–H groups in total. The summed E-state index contributed by atoms with van der Waals surface area (Å²) in [4.78, 5) is 24.9. The third kappa shape index (κ3) is 3.56. The minimum atomic E-state index is -1.39. The van der Waals surface area contributed by atoms with Gasteiger partial charge >= 0.3 is 11.7 Å². The van der Waals surface area contributed by atoms with E-state index in [9.17, 15) is 14.9 Å². The quantitative estimate of drug-likeness (QED) is 0.577. The Bertz CT molecular complexity index is 736. The Kier molecular flexibility index (Phi) is 4.53. The lowest BCUT2D eigenvalue weighted by molar-refractivity contribution is -0.385. The second kappa shape index (κ2) is 6.19. The van der Waals surface area contributed by atoms with Gasteiger partial charge in [-0.3, -0.25) is 10.1 Å². The zero-order valence-electron chi connectivity index (χ0n) is 10.2. The van der Waals surface area contributed by atoms with Crippen molar-refractivity contribution in [3.63, 3.8) is 0 Å². The maximum atomic E-state index is 11.1. The molecule has 0 aliphatic rings. The van der Waals surface area contributed by atoms with E-state index in [-0.39, 0.29) is 5.82 Å². The van der Waals surface area contributed by atoms with Gasteiger partial charge in [0.05, 0.1) is 10.6 Å². The minimum Gasteiger partial charge on any atom is -0.477 e. The van der Waals surface area contributed by atoms with Crippen LogP contribution in [0.4, 0.5) is 17.2 Å². The average Bonchev–Trinajstić information content (AvgIpc) is 2.42. The van der Waals surface area contributed by atoms with Crippen molar-refractivity contribution in [2.75, 3.05) is 5.32 Å². The van der Waals surface area contributed by atoms with Gasteiger partial charge in [0.15, 0.2) is 0 Å². The first-order valence-electron chi connectivity index (χ1n) is 5.48. The van der Waals surface area contributed by atoms with Gasteiger partial charge in [-0.2, -0.15) is 0 Å². The average molecular weight is 417 g/mol. The van der Waals surface area contributed by atoms with Crippen LogP contribution in [0.3, 0.4) is 0 Å². The van der Waals surface area contributed by atoms with E-state index in [2.05, 4.69) is 42.2 Å². The number of hydrogen-bond donors (Lipinski definition) is 2. The Morgan fingerprint density at radius 3 is 2.67 bits per heavy atom. The number of carbonyl (C=O) groups is 1. The number of pyridine rings is 1. The van der Waals surface area contributed by atoms with Gasteiger partial charge in [-0.05, 0) is 34.1 Å². The summed E-state index contributed by atoms with van der Waals surface area (Å²) in [5, 5.41) is 22.7. The molecule has 0 saturated heterocycles. The zero-order valence-corrected chi connectivity index (χ0v) is 13.4. The summed E-state index contributed by atoms with van der Waals surface area (Å²) in [7, 11) is 0. The van der Waals surface area contributed by atoms with Crippen LogP contribution < -0.4 is 5.32 Å². The molecule has 0 bridgehead atoms. The summed E-state index contributed by atoms with van der Waals surface area (Å²) < 4.78 is 1.55. The van der Waals surface area contributed by atoms with E-state index in [0.717, 1.165) is 21.2 Å². The van der Waals surface area contributed by atoms with Crippen LogP contribution in [0.15, 0.2) is 39.4 Å². The van der Waals surface area contributed by atoms with Crippen molar-refractivity contribution in [1.29, 1.82) is 0 Å². The summed E-state index contributed by atoms with van der Waals surface area (Å²) in [5.74, 6) is -1.20. The number of hydrogen-bond acceptors (Lipinski definition) is 5. The molecule has 0 aliphatic carbocycles. The first kappa shape index (κ1) is 15.4. The van der Waals surface area contributed by atoms with Gasteiger partial charge in [0.2, 0.25) is 0 Å². The molecule has 0 atom stereocenters. The lowest BCUT2D eigenvalue weighted by Crippen LogP contribution is -2.05. The number of nitrogens with zero attached hydrogens (tertiary/aromatic N) is 2. The van der Waals surface area contributed by atoms with Crippen LogP contribution >= 0.6 is 31.9 Å². The number of benzene rings is 1. The summed E-state index contributed by atoms with van der Waals surface area (Å²) in [5.41, 5.74) is -0.341. The molecule has 1 aromatic heterocycles. The molecule has 2 rings (SSSR count). The maximum absolute atomic E-state index is 11.1. The van der Waals surface area contributed by atoms with Gasteiger partial charge < -0.3 is 10.4 Å². The molecule has 0 radical (unpaired) electrons. The number of aromatic carboxylic acids is 1. The normalized spacial score (nSPS) is 10.2. The summed E-state index contributed by atoms with van der Waals surface area (Å²) in [6, 6.07) is 6.48. The molecule has 9 heteroatoms. The van der Waals surface area contributed by atoms with Crippen molar-refractivity contribution in [1.82, 2.24) is 4.98 Å². The Balaban J connectivity index is 2.41. The van der Waals surface area contributed by atoms with Crippen LogP contribution in [-0.2, 0) is 0 Å². The smallest absolute Gasteiger partial charge is 0.342 e. The van der Waals surface area contributed by atoms with Crippen LogP contribution in [0.2, 0.25) is 0 Å². The van der Waals surface area contributed by atoms with E-state index in [4.69, 9.17) is 5.11 Å². The van der Waals surface area contributed by atoms with Crippen molar-refractivity contribution in [3.8, 4) is 0 Å². The minimum absolute atomic E-state index is 0.191. The highest BCUT2D eigenvalue weighted by Crippen LogP contribution is 2.29. The largest absolute Gasteiger partial charge is 0.477 e. The summed E-state index contributed by atoms with van der Waals surface area (Å²) in [6.07, 6.45) is 0.914. The molecule has 0 aliphatic heterocycles. The number of nitrogens with one attached hydrogen (secondary N) is 1. The van der Waals surface area contributed by atoms with Crippen molar-refractivity contribution in [2.24, 2.45) is 0 Å². The van der Waals surface area contributed by atoms with Gasteiger partial charge in [-0.1, -0.05) is 15.9 Å². The SMILES string of the molecule is O=C(O)c1cc(Nc2cc(Br)ccc2Br)ncc1[N+](=O)[O-]. The second-order valence-corrected chi connectivity index (χ2v) is 5.67. The number of halogens is 2. The highest BCUT2D eigenvalue weighted by atomic mass is 79.9. The van der Waals surface area contributed by atoms with Gasteiger partial charge in [0.1, 0.15) is 17.6 Å². The van der Waals surface area contributed by atoms with Crippen LogP contribution in [0, 0.1) is 10.1 Å². The topological polar surface area (TPSA) is 105 Å². The molecule has 2 aromatic rings. The van der Waals surface area contributed by atoms with Gasteiger partial charge in [-0.15, -0.1) is 0 Å². The Hall–Kier alpha value is -2.00. The molecule has 0 spiro atoms. The van der Waals surface area contributed by atoms with E-state index < -0.39 is 22.1 Å². The Labute approximate surface area is 135 Å². The number of aromatic nitrogens is 1. The van der Waals surface area contributed by atoms with Crippen LogP contribution in [-0.4, -0.2) is 21.0 Å². The first-order valence-corrected chi connectivity index (χ1v) is 7.07. The van der Waals surface area contributed by atoms with Crippen LogP contribution in [0.5, 0.6) is 0 Å². The van der Waals surface area contributed by atoms with E-state index in [1.54, 1.807) is 12.1 Å². The highest BCUT2D eigenvalue weighted by molar-refractivity contribution is 9.11. The molecular formula is C12H7Br2N3O4. The number of nitro groups is 1. The van der Waals surface area contributed by atoms with Gasteiger partial charge in [0, 0.05) is 15.0 Å². The number of rotatable bonds is 4. The van der Waals surface area contributed by atoms with E-state index in [0.29, 0.717) is 5.69 Å². The molecule has 0 fully saturated rings. The van der Waals surface area contributed by atoms with E-state index in [1.165, 1.54) is 0 Å². The third-order valence-corrected chi connectivity index (χ3v) is 3.69. The lowest BCUT2D eigenvalue weighted by atomic mass is 10.2. The first-order chi connectivity index (χ1) is 9.88. The second-order valence-electron chi connectivity index (χ2n) is 3.90. The molecule has 108 valence electrons. The van der Waals surface area contributed by atoms with Crippen LogP contribution in [0.25, 0.3) is 0 Å². The zero-order chi connectivity index (χ0) is 15.6.